The molecule has 0 aliphatic carbocycles. The molecule has 0 radical (unpaired) electrons. The second-order valence-electron chi connectivity index (χ2n) is 6.24. The average molecular weight is 393 g/mol. The molecule has 4 rings (SSSR count). The smallest absolute Gasteiger partial charge is 0.251 e. The Morgan fingerprint density at radius 1 is 1.25 bits per heavy atom. The minimum atomic E-state index is -0.0881. The van der Waals surface area contributed by atoms with Gasteiger partial charge in [-0.2, -0.15) is 16.4 Å². The summed E-state index contributed by atoms with van der Waals surface area (Å²) >= 11 is 1.72. The third-order valence-corrected chi connectivity index (χ3v) is 5.23. The van der Waals surface area contributed by atoms with Crippen molar-refractivity contribution in [1.82, 2.24) is 25.3 Å². The number of thioether (sulfide) groups is 1. The van der Waals surface area contributed by atoms with Gasteiger partial charge in [-0.25, -0.2) is 4.98 Å². The minimum Gasteiger partial charge on any atom is -0.468 e. The maximum Gasteiger partial charge on any atom is 0.251 e. The van der Waals surface area contributed by atoms with E-state index in [1.807, 2.05) is 43.3 Å². The molecular formula is C20H19N5O2S. The molecular weight excluding hydrogens is 374 g/mol. The molecule has 28 heavy (non-hydrogen) atoms. The van der Waals surface area contributed by atoms with Crippen LogP contribution in [0.2, 0.25) is 0 Å². The number of furan rings is 1. The minimum absolute atomic E-state index is 0.0881. The van der Waals surface area contributed by atoms with Crippen molar-refractivity contribution in [2.45, 2.75) is 12.7 Å². The first-order valence-corrected chi connectivity index (χ1v) is 10.0. The molecule has 142 valence electrons. The average Bonchev–Trinajstić information content (AvgIpc) is 3.37. The molecule has 1 aromatic carbocycles. The van der Waals surface area contributed by atoms with Gasteiger partial charge in [0.25, 0.3) is 5.91 Å². The SMILES string of the molecule is Cc1cc(C(=O)NCCSCc2ccco2)ccc1-n1nnc2cccnc21. The fraction of sp³-hybridized carbons (Fsp3) is 0.200. The summed E-state index contributed by atoms with van der Waals surface area (Å²) in [6.45, 7) is 2.55. The van der Waals surface area contributed by atoms with Crippen LogP contribution in [0.4, 0.5) is 0 Å². The van der Waals surface area contributed by atoms with Gasteiger partial charge in [-0.1, -0.05) is 5.21 Å². The number of hydrogen-bond donors (Lipinski definition) is 1. The molecule has 0 unspecified atom stereocenters. The van der Waals surface area contributed by atoms with Crippen LogP contribution in [-0.2, 0) is 5.75 Å². The van der Waals surface area contributed by atoms with Crippen molar-refractivity contribution in [3.63, 3.8) is 0 Å². The van der Waals surface area contributed by atoms with Gasteiger partial charge >= 0.3 is 0 Å². The van der Waals surface area contributed by atoms with Crippen LogP contribution < -0.4 is 5.32 Å². The lowest BCUT2D eigenvalue weighted by molar-refractivity contribution is 0.0956. The summed E-state index contributed by atoms with van der Waals surface area (Å²) in [5.41, 5.74) is 3.82. The van der Waals surface area contributed by atoms with E-state index in [9.17, 15) is 4.79 Å². The summed E-state index contributed by atoms with van der Waals surface area (Å²) in [5.74, 6) is 2.48. The number of benzene rings is 1. The molecule has 0 saturated heterocycles. The molecule has 7 nitrogen and oxygen atoms in total. The van der Waals surface area contributed by atoms with Gasteiger partial charge in [0, 0.05) is 24.1 Å². The lowest BCUT2D eigenvalue weighted by Crippen LogP contribution is -2.25. The van der Waals surface area contributed by atoms with Crippen molar-refractivity contribution in [1.29, 1.82) is 0 Å². The third kappa shape index (κ3) is 3.91. The molecule has 4 aromatic rings. The van der Waals surface area contributed by atoms with Crippen molar-refractivity contribution < 1.29 is 9.21 Å². The maximum absolute atomic E-state index is 12.4. The number of nitrogens with zero attached hydrogens (tertiary/aromatic N) is 4. The number of amides is 1. The standard InChI is InChI=1S/C20H19N5O2S/c1-14-12-15(20(26)22-9-11-28-13-16-4-3-10-27-16)6-7-18(14)25-19-17(23-24-25)5-2-8-21-19/h2-8,10,12H,9,11,13H2,1H3,(H,22,26). The van der Waals surface area contributed by atoms with Crippen molar-refractivity contribution in [3.8, 4) is 5.69 Å². The van der Waals surface area contributed by atoms with E-state index in [4.69, 9.17) is 4.42 Å². The maximum atomic E-state index is 12.4. The van der Waals surface area contributed by atoms with Gasteiger partial charge in [-0.15, -0.1) is 5.10 Å². The predicted molar refractivity (Wildman–Crippen MR) is 109 cm³/mol. The Balaban J connectivity index is 1.38. The van der Waals surface area contributed by atoms with Crippen LogP contribution in [0.1, 0.15) is 21.7 Å². The summed E-state index contributed by atoms with van der Waals surface area (Å²) < 4.78 is 6.98. The summed E-state index contributed by atoms with van der Waals surface area (Å²) in [4.78, 5) is 16.8. The first kappa shape index (κ1) is 18.2. The quantitative estimate of drug-likeness (QED) is 0.485. The molecule has 0 aliphatic heterocycles. The van der Waals surface area contributed by atoms with E-state index in [1.165, 1.54) is 0 Å². The largest absolute Gasteiger partial charge is 0.468 e. The zero-order valence-electron chi connectivity index (χ0n) is 15.3. The van der Waals surface area contributed by atoms with E-state index < -0.39 is 0 Å². The number of carbonyl (C=O) groups excluding carboxylic acids is 1. The number of nitrogens with one attached hydrogen (secondary N) is 1. The number of fused-ring (bicyclic) bond motifs is 1. The highest BCUT2D eigenvalue weighted by molar-refractivity contribution is 7.98. The number of rotatable bonds is 7. The fourth-order valence-corrected chi connectivity index (χ4v) is 3.62. The molecule has 1 amide bonds. The Bertz CT molecular complexity index is 1090. The highest BCUT2D eigenvalue weighted by Gasteiger charge is 2.12. The number of pyridine rings is 1. The van der Waals surface area contributed by atoms with Crippen LogP contribution in [0, 0.1) is 6.92 Å². The highest BCUT2D eigenvalue weighted by atomic mass is 32.2. The van der Waals surface area contributed by atoms with Crippen molar-refractivity contribution in [2.75, 3.05) is 12.3 Å². The van der Waals surface area contributed by atoms with Crippen LogP contribution in [0.25, 0.3) is 16.9 Å². The Hall–Kier alpha value is -3.13. The lowest BCUT2D eigenvalue weighted by Gasteiger charge is -2.09. The first-order chi connectivity index (χ1) is 13.7. The molecule has 3 aromatic heterocycles. The summed E-state index contributed by atoms with van der Waals surface area (Å²) in [5, 5.41) is 11.3. The van der Waals surface area contributed by atoms with E-state index in [0.29, 0.717) is 17.8 Å². The number of aromatic nitrogens is 4. The summed E-state index contributed by atoms with van der Waals surface area (Å²) in [6.07, 6.45) is 3.38. The van der Waals surface area contributed by atoms with Crippen LogP contribution in [0.15, 0.2) is 59.3 Å². The normalized spacial score (nSPS) is 11.0. The first-order valence-electron chi connectivity index (χ1n) is 8.88. The Labute approximate surface area is 166 Å². The zero-order valence-corrected chi connectivity index (χ0v) is 16.1. The number of hydrogen-bond acceptors (Lipinski definition) is 6. The van der Waals surface area contributed by atoms with Crippen molar-refractivity contribution in [3.05, 3.63) is 71.8 Å². The second-order valence-corrected chi connectivity index (χ2v) is 7.34. The van der Waals surface area contributed by atoms with Gasteiger partial charge < -0.3 is 9.73 Å². The molecule has 0 bridgehead atoms. The molecule has 0 saturated carbocycles. The van der Waals surface area contributed by atoms with E-state index >= 15 is 0 Å². The molecule has 0 aliphatic rings. The molecule has 0 spiro atoms. The second kappa shape index (κ2) is 8.26. The van der Waals surface area contributed by atoms with Gasteiger partial charge in [0.2, 0.25) is 0 Å². The fourth-order valence-electron chi connectivity index (χ4n) is 2.87. The van der Waals surface area contributed by atoms with Gasteiger partial charge in [-0.3, -0.25) is 4.79 Å². The van der Waals surface area contributed by atoms with E-state index in [0.717, 1.165) is 34.0 Å². The van der Waals surface area contributed by atoms with Gasteiger partial charge in [0.15, 0.2) is 5.65 Å². The van der Waals surface area contributed by atoms with Crippen LogP contribution in [0.3, 0.4) is 0 Å². The van der Waals surface area contributed by atoms with E-state index in [1.54, 1.807) is 35.0 Å². The third-order valence-electron chi connectivity index (χ3n) is 4.25. The molecule has 0 fully saturated rings. The molecule has 3 heterocycles. The highest BCUT2D eigenvalue weighted by Crippen LogP contribution is 2.19. The predicted octanol–water partition coefficient (Wildman–Crippen LogP) is 3.38. The molecule has 8 heteroatoms. The van der Waals surface area contributed by atoms with Gasteiger partial charge in [0.05, 0.1) is 17.7 Å². The Morgan fingerprint density at radius 3 is 3.00 bits per heavy atom. The van der Waals surface area contributed by atoms with Gasteiger partial charge in [-0.05, 0) is 55.0 Å². The van der Waals surface area contributed by atoms with E-state index in [-0.39, 0.29) is 5.91 Å². The topological polar surface area (TPSA) is 85.8 Å². The van der Waals surface area contributed by atoms with E-state index in [2.05, 4.69) is 20.6 Å². The molecule has 1 N–H and O–H groups in total. The Morgan fingerprint density at radius 2 is 2.18 bits per heavy atom. The number of carbonyl (C=O) groups is 1. The van der Waals surface area contributed by atoms with Crippen LogP contribution in [0.5, 0.6) is 0 Å². The van der Waals surface area contributed by atoms with Crippen molar-refractivity contribution >= 4 is 28.8 Å². The zero-order chi connectivity index (χ0) is 19.3. The summed E-state index contributed by atoms with van der Waals surface area (Å²) in [7, 11) is 0. The Kier molecular flexibility index (Phi) is 5.38. The van der Waals surface area contributed by atoms with Crippen LogP contribution >= 0.6 is 11.8 Å². The summed E-state index contributed by atoms with van der Waals surface area (Å²) in [6, 6.07) is 13.0. The number of aryl methyl sites for hydroxylation is 1. The monoisotopic (exact) mass is 393 g/mol. The molecule has 0 atom stereocenters. The van der Waals surface area contributed by atoms with Gasteiger partial charge in [0.1, 0.15) is 11.3 Å². The van der Waals surface area contributed by atoms with Crippen molar-refractivity contribution in [2.24, 2.45) is 0 Å². The lowest BCUT2D eigenvalue weighted by atomic mass is 10.1. The van der Waals surface area contributed by atoms with Crippen LogP contribution in [-0.4, -0.2) is 38.2 Å².